The van der Waals surface area contributed by atoms with Crippen molar-refractivity contribution in [2.24, 2.45) is 5.92 Å². The first-order chi connectivity index (χ1) is 6.27. The summed E-state index contributed by atoms with van der Waals surface area (Å²) < 4.78 is 0. The van der Waals surface area contributed by atoms with Crippen LogP contribution < -0.4 is 0 Å². The van der Waals surface area contributed by atoms with Crippen LogP contribution in [0.25, 0.3) is 0 Å². The van der Waals surface area contributed by atoms with Gasteiger partial charge in [-0.05, 0) is 23.8 Å². The van der Waals surface area contributed by atoms with Crippen molar-refractivity contribution in [3.63, 3.8) is 0 Å². The number of hydrogen-bond acceptors (Lipinski definition) is 1. The number of carboxylic acids is 1. The summed E-state index contributed by atoms with van der Waals surface area (Å²) in [6.45, 7) is 0. The third-order valence-electron chi connectivity index (χ3n) is 2.59. The second-order valence-electron chi connectivity index (χ2n) is 3.61. The van der Waals surface area contributed by atoms with Gasteiger partial charge in [-0.25, -0.2) is 0 Å². The zero-order valence-corrected chi connectivity index (χ0v) is 7.31. The van der Waals surface area contributed by atoms with E-state index in [2.05, 4.69) is 12.1 Å². The Hall–Kier alpha value is -1.31. The van der Waals surface area contributed by atoms with Crippen molar-refractivity contribution >= 4 is 5.97 Å². The van der Waals surface area contributed by atoms with Crippen LogP contribution >= 0.6 is 0 Å². The highest BCUT2D eigenvalue weighted by Crippen LogP contribution is 2.49. The Morgan fingerprint density at radius 2 is 2.08 bits per heavy atom. The standard InChI is InChI=1S/C11H12O2/c12-11(13)7-9-6-10(9)8-4-2-1-3-5-8/h1-5,9-10H,6-7H2,(H,12,13). The summed E-state index contributed by atoms with van der Waals surface area (Å²) in [6.07, 6.45) is 1.36. The van der Waals surface area contributed by atoms with E-state index in [1.807, 2.05) is 18.2 Å². The SMILES string of the molecule is O=C(O)CC1CC1c1ccccc1. The number of hydrogen-bond donors (Lipinski definition) is 1. The summed E-state index contributed by atoms with van der Waals surface area (Å²) in [4.78, 5) is 10.4. The Morgan fingerprint density at radius 1 is 1.38 bits per heavy atom. The van der Waals surface area contributed by atoms with Crippen LogP contribution in [0.1, 0.15) is 24.3 Å². The zero-order chi connectivity index (χ0) is 9.26. The Morgan fingerprint density at radius 3 is 2.69 bits per heavy atom. The lowest BCUT2D eigenvalue weighted by Gasteiger charge is -1.97. The van der Waals surface area contributed by atoms with Gasteiger partial charge in [-0.1, -0.05) is 30.3 Å². The normalized spacial score (nSPS) is 25.5. The molecule has 2 rings (SSSR count). The van der Waals surface area contributed by atoms with Crippen molar-refractivity contribution in [1.82, 2.24) is 0 Å². The van der Waals surface area contributed by atoms with E-state index >= 15 is 0 Å². The van der Waals surface area contributed by atoms with Crippen LogP contribution in [-0.4, -0.2) is 11.1 Å². The second-order valence-corrected chi connectivity index (χ2v) is 3.61. The summed E-state index contributed by atoms with van der Waals surface area (Å²) in [7, 11) is 0. The fourth-order valence-corrected chi connectivity index (χ4v) is 1.81. The smallest absolute Gasteiger partial charge is 0.303 e. The zero-order valence-electron chi connectivity index (χ0n) is 7.31. The van der Waals surface area contributed by atoms with Gasteiger partial charge in [-0.2, -0.15) is 0 Å². The fourth-order valence-electron chi connectivity index (χ4n) is 1.81. The molecule has 0 heterocycles. The second kappa shape index (κ2) is 3.21. The Labute approximate surface area is 77.2 Å². The molecule has 0 aliphatic heterocycles. The average Bonchev–Trinajstić information content (AvgIpc) is 2.84. The van der Waals surface area contributed by atoms with Gasteiger partial charge in [0.25, 0.3) is 0 Å². The van der Waals surface area contributed by atoms with E-state index in [-0.39, 0.29) is 0 Å². The molecule has 68 valence electrons. The Kier molecular flexibility index (Phi) is 2.05. The van der Waals surface area contributed by atoms with Crippen molar-refractivity contribution in [3.8, 4) is 0 Å². The molecule has 1 fully saturated rings. The van der Waals surface area contributed by atoms with Crippen LogP contribution in [0.15, 0.2) is 30.3 Å². The van der Waals surface area contributed by atoms with Gasteiger partial charge in [-0.3, -0.25) is 4.79 Å². The summed E-state index contributed by atoms with van der Waals surface area (Å²) in [5, 5.41) is 8.59. The maximum atomic E-state index is 10.4. The molecule has 0 aromatic heterocycles. The molecule has 2 nitrogen and oxygen atoms in total. The summed E-state index contributed by atoms with van der Waals surface area (Å²) in [5.74, 6) is 0.195. The van der Waals surface area contributed by atoms with Crippen LogP contribution in [0.3, 0.4) is 0 Å². The van der Waals surface area contributed by atoms with Crippen molar-refractivity contribution in [1.29, 1.82) is 0 Å². The minimum atomic E-state index is -0.677. The first kappa shape index (κ1) is 8.30. The van der Waals surface area contributed by atoms with Crippen LogP contribution in [0.4, 0.5) is 0 Å². The number of rotatable bonds is 3. The molecule has 1 aliphatic rings. The van der Waals surface area contributed by atoms with Gasteiger partial charge in [0, 0.05) is 6.42 Å². The van der Waals surface area contributed by atoms with E-state index in [0.717, 1.165) is 6.42 Å². The first-order valence-corrected chi connectivity index (χ1v) is 4.54. The maximum Gasteiger partial charge on any atom is 0.303 e. The Bertz CT molecular complexity index is 305. The lowest BCUT2D eigenvalue weighted by molar-refractivity contribution is -0.137. The number of aliphatic carboxylic acids is 1. The number of benzene rings is 1. The van der Waals surface area contributed by atoms with Crippen LogP contribution in [-0.2, 0) is 4.79 Å². The highest BCUT2D eigenvalue weighted by molar-refractivity contribution is 5.67. The predicted octanol–water partition coefficient (Wildman–Crippen LogP) is 2.26. The molecule has 2 atom stereocenters. The monoisotopic (exact) mass is 176 g/mol. The van der Waals surface area contributed by atoms with E-state index in [1.54, 1.807) is 0 Å². The van der Waals surface area contributed by atoms with Gasteiger partial charge < -0.3 is 5.11 Å². The van der Waals surface area contributed by atoms with Gasteiger partial charge in [-0.15, -0.1) is 0 Å². The van der Waals surface area contributed by atoms with Crippen LogP contribution in [0.5, 0.6) is 0 Å². The van der Waals surface area contributed by atoms with Crippen molar-refractivity contribution in [2.75, 3.05) is 0 Å². The lowest BCUT2D eigenvalue weighted by Crippen LogP contribution is -1.96. The molecule has 0 spiro atoms. The fraction of sp³-hybridized carbons (Fsp3) is 0.364. The molecule has 0 radical (unpaired) electrons. The first-order valence-electron chi connectivity index (χ1n) is 4.54. The van der Waals surface area contributed by atoms with E-state index < -0.39 is 5.97 Å². The molecule has 1 saturated carbocycles. The lowest BCUT2D eigenvalue weighted by atomic mass is 10.1. The van der Waals surface area contributed by atoms with E-state index in [0.29, 0.717) is 18.3 Å². The molecule has 13 heavy (non-hydrogen) atoms. The maximum absolute atomic E-state index is 10.4. The minimum absolute atomic E-state index is 0.319. The molecule has 0 saturated heterocycles. The van der Waals surface area contributed by atoms with Gasteiger partial charge in [0.15, 0.2) is 0 Å². The molecule has 2 heteroatoms. The Balaban J connectivity index is 1.97. The predicted molar refractivity (Wildman–Crippen MR) is 49.5 cm³/mol. The minimum Gasteiger partial charge on any atom is -0.481 e. The largest absolute Gasteiger partial charge is 0.481 e. The average molecular weight is 176 g/mol. The molecular formula is C11H12O2. The number of carboxylic acid groups (broad SMARTS) is 1. The molecule has 0 amide bonds. The van der Waals surface area contributed by atoms with Gasteiger partial charge in [0.2, 0.25) is 0 Å². The summed E-state index contributed by atoms with van der Waals surface area (Å²) >= 11 is 0. The quantitative estimate of drug-likeness (QED) is 0.767. The molecule has 1 N–H and O–H groups in total. The summed E-state index contributed by atoms with van der Waals surface area (Å²) in [6, 6.07) is 10.1. The van der Waals surface area contributed by atoms with Crippen molar-refractivity contribution in [2.45, 2.75) is 18.8 Å². The third-order valence-corrected chi connectivity index (χ3v) is 2.59. The molecule has 1 aromatic carbocycles. The van der Waals surface area contributed by atoms with Crippen molar-refractivity contribution in [3.05, 3.63) is 35.9 Å². The van der Waals surface area contributed by atoms with Crippen LogP contribution in [0.2, 0.25) is 0 Å². The molecule has 2 unspecified atom stereocenters. The van der Waals surface area contributed by atoms with Crippen LogP contribution in [0, 0.1) is 5.92 Å². The van der Waals surface area contributed by atoms with E-state index in [9.17, 15) is 4.79 Å². The van der Waals surface area contributed by atoms with Gasteiger partial charge in [0.05, 0.1) is 0 Å². The van der Waals surface area contributed by atoms with Gasteiger partial charge in [0.1, 0.15) is 0 Å². The molecular weight excluding hydrogens is 164 g/mol. The molecule has 1 aromatic rings. The number of carbonyl (C=O) groups is 1. The van der Waals surface area contributed by atoms with E-state index in [1.165, 1.54) is 5.56 Å². The molecule has 0 bridgehead atoms. The highest BCUT2D eigenvalue weighted by Gasteiger charge is 2.39. The third kappa shape index (κ3) is 1.89. The highest BCUT2D eigenvalue weighted by atomic mass is 16.4. The summed E-state index contributed by atoms with van der Waals surface area (Å²) in [5.41, 5.74) is 1.29. The topological polar surface area (TPSA) is 37.3 Å². The van der Waals surface area contributed by atoms with E-state index in [4.69, 9.17) is 5.11 Å². The molecule has 1 aliphatic carbocycles. The van der Waals surface area contributed by atoms with Gasteiger partial charge >= 0.3 is 5.97 Å². The van der Waals surface area contributed by atoms with Crippen molar-refractivity contribution < 1.29 is 9.90 Å².